The average Bonchev–Trinajstić information content (AvgIpc) is 3.23. The number of nitrogens with one attached hydrogen (secondary N) is 1. The normalized spacial score (nSPS) is 14.7. The molecule has 1 fully saturated rings. The molecule has 30 heavy (non-hydrogen) atoms. The molecule has 3 aromatic rings. The maximum atomic E-state index is 12.8. The Morgan fingerprint density at radius 1 is 1.07 bits per heavy atom. The summed E-state index contributed by atoms with van der Waals surface area (Å²) in [6, 6.07) is 14.6. The maximum absolute atomic E-state index is 12.8. The molecule has 0 amide bonds. The number of piperidine rings is 1. The number of anilines is 2. The van der Waals surface area contributed by atoms with Crippen LogP contribution >= 0.6 is 28.3 Å². The van der Waals surface area contributed by atoms with Crippen LogP contribution in [0.5, 0.6) is 5.75 Å². The van der Waals surface area contributed by atoms with Gasteiger partial charge in [-0.2, -0.15) is 4.31 Å². The third-order valence-corrected chi connectivity index (χ3v) is 7.60. The summed E-state index contributed by atoms with van der Waals surface area (Å²) in [5.74, 6) is 0.775. The Morgan fingerprint density at radius 2 is 1.80 bits per heavy atom. The Bertz CT molecular complexity index is 1080. The van der Waals surface area contributed by atoms with E-state index in [9.17, 15) is 8.42 Å². The molecule has 1 N–H and O–H groups in total. The van der Waals surface area contributed by atoms with Crippen molar-refractivity contribution >= 4 is 49.2 Å². The van der Waals surface area contributed by atoms with Gasteiger partial charge >= 0.3 is 0 Å². The van der Waals surface area contributed by atoms with Gasteiger partial charge in [-0.05, 0) is 37.1 Å². The summed E-state index contributed by atoms with van der Waals surface area (Å²) in [5.41, 5.74) is 2.59. The van der Waals surface area contributed by atoms with E-state index in [0.717, 1.165) is 47.1 Å². The third kappa shape index (κ3) is 5.03. The molecule has 0 spiro atoms. The molecule has 1 aromatic heterocycles. The third-order valence-electron chi connectivity index (χ3n) is 4.93. The maximum Gasteiger partial charge on any atom is 0.243 e. The summed E-state index contributed by atoms with van der Waals surface area (Å²) < 4.78 is 32.4. The molecular formula is C21H24BrN3O3S2. The van der Waals surface area contributed by atoms with Crippen molar-refractivity contribution in [2.45, 2.75) is 24.2 Å². The van der Waals surface area contributed by atoms with Gasteiger partial charge in [0.15, 0.2) is 5.13 Å². The Morgan fingerprint density at radius 3 is 2.50 bits per heavy atom. The van der Waals surface area contributed by atoms with Gasteiger partial charge in [0.25, 0.3) is 0 Å². The number of sulfonamides is 1. The van der Waals surface area contributed by atoms with Crippen molar-refractivity contribution in [1.29, 1.82) is 0 Å². The molecule has 0 unspecified atom stereocenters. The molecule has 1 aliphatic heterocycles. The Balaban J connectivity index is 0.00000256. The SMILES string of the molecule is Br.COc1cccc(Nc2nc(-c3ccc(S(=O)(=O)N4CCCCC4)cc3)cs2)c1. The number of thiazole rings is 1. The van der Waals surface area contributed by atoms with Crippen LogP contribution in [-0.4, -0.2) is 37.9 Å². The number of nitrogens with zero attached hydrogens (tertiary/aromatic N) is 2. The van der Waals surface area contributed by atoms with Crippen LogP contribution in [0.25, 0.3) is 11.3 Å². The fraction of sp³-hybridized carbons (Fsp3) is 0.286. The average molecular weight is 510 g/mol. The Kier molecular flexibility index (Phi) is 7.51. The van der Waals surface area contributed by atoms with E-state index in [1.807, 2.05) is 41.8 Å². The van der Waals surface area contributed by atoms with Gasteiger partial charge in [-0.1, -0.05) is 24.6 Å². The molecule has 0 bridgehead atoms. The van der Waals surface area contributed by atoms with E-state index in [4.69, 9.17) is 4.74 Å². The summed E-state index contributed by atoms with van der Waals surface area (Å²) in [4.78, 5) is 4.96. The van der Waals surface area contributed by atoms with Crippen molar-refractivity contribution in [2.75, 3.05) is 25.5 Å². The molecule has 2 heterocycles. The zero-order valence-electron chi connectivity index (χ0n) is 16.6. The zero-order chi connectivity index (χ0) is 20.3. The van der Waals surface area contributed by atoms with E-state index >= 15 is 0 Å². The number of methoxy groups -OCH3 is 1. The van der Waals surface area contributed by atoms with Crippen LogP contribution < -0.4 is 10.1 Å². The monoisotopic (exact) mass is 509 g/mol. The van der Waals surface area contributed by atoms with Crippen molar-refractivity contribution in [2.24, 2.45) is 0 Å². The summed E-state index contributed by atoms with van der Waals surface area (Å²) in [7, 11) is -1.78. The van der Waals surface area contributed by atoms with Gasteiger partial charge in [0.2, 0.25) is 10.0 Å². The number of halogens is 1. The van der Waals surface area contributed by atoms with Gasteiger partial charge in [0.05, 0.1) is 17.7 Å². The van der Waals surface area contributed by atoms with Crippen molar-refractivity contribution in [3.63, 3.8) is 0 Å². The van der Waals surface area contributed by atoms with Crippen LogP contribution in [0.1, 0.15) is 19.3 Å². The van der Waals surface area contributed by atoms with E-state index in [1.165, 1.54) is 11.3 Å². The van der Waals surface area contributed by atoms with E-state index in [1.54, 1.807) is 23.5 Å². The smallest absolute Gasteiger partial charge is 0.243 e. The number of hydrogen-bond donors (Lipinski definition) is 1. The molecule has 1 aliphatic rings. The first kappa shape index (κ1) is 22.7. The summed E-state index contributed by atoms with van der Waals surface area (Å²) in [6.07, 6.45) is 2.96. The van der Waals surface area contributed by atoms with Gasteiger partial charge in [0.1, 0.15) is 5.75 Å². The van der Waals surface area contributed by atoms with Crippen LogP contribution in [0.4, 0.5) is 10.8 Å². The van der Waals surface area contributed by atoms with Crippen LogP contribution in [0.15, 0.2) is 58.8 Å². The highest BCUT2D eigenvalue weighted by Gasteiger charge is 2.25. The summed E-state index contributed by atoms with van der Waals surface area (Å²) >= 11 is 1.50. The van der Waals surface area contributed by atoms with E-state index in [0.29, 0.717) is 18.0 Å². The highest BCUT2D eigenvalue weighted by molar-refractivity contribution is 8.93. The largest absolute Gasteiger partial charge is 0.497 e. The molecule has 0 radical (unpaired) electrons. The molecular weight excluding hydrogens is 486 g/mol. The van der Waals surface area contributed by atoms with Crippen molar-refractivity contribution in [1.82, 2.24) is 9.29 Å². The molecule has 2 aromatic carbocycles. The summed E-state index contributed by atoms with van der Waals surface area (Å²) in [6.45, 7) is 1.21. The first-order chi connectivity index (χ1) is 14.1. The fourth-order valence-electron chi connectivity index (χ4n) is 3.34. The Hall–Kier alpha value is -1.94. The van der Waals surface area contributed by atoms with Gasteiger partial charge in [-0.3, -0.25) is 0 Å². The van der Waals surface area contributed by atoms with Gasteiger partial charge < -0.3 is 10.1 Å². The molecule has 6 nitrogen and oxygen atoms in total. The molecule has 9 heteroatoms. The van der Waals surface area contributed by atoms with E-state index in [-0.39, 0.29) is 17.0 Å². The second-order valence-corrected chi connectivity index (χ2v) is 9.68. The molecule has 0 atom stereocenters. The quantitative estimate of drug-likeness (QED) is 0.487. The number of ether oxygens (including phenoxy) is 1. The second-order valence-electron chi connectivity index (χ2n) is 6.88. The zero-order valence-corrected chi connectivity index (χ0v) is 19.9. The minimum atomic E-state index is -3.41. The van der Waals surface area contributed by atoms with Crippen molar-refractivity contribution < 1.29 is 13.2 Å². The Labute approximate surface area is 191 Å². The van der Waals surface area contributed by atoms with Crippen LogP contribution in [0.2, 0.25) is 0 Å². The molecule has 0 saturated carbocycles. The minimum Gasteiger partial charge on any atom is -0.497 e. The highest BCUT2D eigenvalue weighted by Crippen LogP contribution is 2.29. The number of hydrogen-bond acceptors (Lipinski definition) is 6. The number of aromatic nitrogens is 1. The standard InChI is InChI=1S/C21H23N3O3S2.BrH/c1-27-18-7-5-6-17(14-18)22-21-23-20(15-28-21)16-8-10-19(11-9-16)29(25,26)24-12-3-2-4-13-24;/h5-11,14-15H,2-4,12-13H2,1H3,(H,22,23);1H. The molecule has 160 valence electrons. The number of benzene rings is 2. The van der Waals surface area contributed by atoms with Crippen LogP contribution in [0.3, 0.4) is 0 Å². The van der Waals surface area contributed by atoms with Crippen molar-refractivity contribution in [3.05, 3.63) is 53.9 Å². The lowest BCUT2D eigenvalue weighted by molar-refractivity contribution is 0.346. The second kappa shape index (κ2) is 9.91. The van der Waals surface area contributed by atoms with Crippen LogP contribution in [0, 0.1) is 0 Å². The molecule has 0 aliphatic carbocycles. The van der Waals surface area contributed by atoms with Gasteiger partial charge in [0, 0.05) is 35.8 Å². The predicted molar refractivity (Wildman–Crippen MR) is 127 cm³/mol. The topological polar surface area (TPSA) is 71.5 Å². The van der Waals surface area contributed by atoms with Crippen molar-refractivity contribution in [3.8, 4) is 17.0 Å². The van der Waals surface area contributed by atoms with E-state index < -0.39 is 10.0 Å². The van der Waals surface area contributed by atoms with Gasteiger partial charge in [-0.25, -0.2) is 13.4 Å². The van der Waals surface area contributed by atoms with Gasteiger partial charge in [-0.15, -0.1) is 28.3 Å². The highest BCUT2D eigenvalue weighted by atomic mass is 79.9. The first-order valence-electron chi connectivity index (χ1n) is 9.53. The van der Waals surface area contributed by atoms with Crippen LogP contribution in [-0.2, 0) is 10.0 Å². The summed E-state index contributed by atoms with van der Waals surface area (Å²) in [5, 5.41) is 5.99. The fourth-order valence-corrected chi connectivity index (χ4v) is 5.60. The minimum absolute atomic E-state index is 0. The first-order valence-corrected chi connectivity index (χ1v) is 11.9. The molecule has 1 saturated heterocycles. The lowest BCUT2D eigenvalue weighted by Gasteiger charge is -2.25. The van der Waals surface area contributed by atoms with E-state index in [2.05, 4.69) is 10.3 Å². The molecule has 4 rings (SSSR count). The predicted octanol–water partition coefficient (Wildman–Crippen LogP) is 5.31. The lowest BCUT2D eigenvalue weighted by atomic mass is 10.2. The lowest BCUT2D eigenvalue weighted by Crippen LogP contribution is -2.35. The number of rotatable bonds is 6.